The van der Waals surface area contributed by atoms with Crippen LogP contribution in [0.1, 0.15) is 36.6 Å². The van der Waals surface area contributed by atoms with Crippen LogP contribution in [0.2, 0.25) is 0 Å². The van der Waals surface area contributed by atoms with Crippen LogP contribution in [0.15, 0.2) is 35.1 Å². The van der Waals surface area contributed by atoms with Crippen molar-refractivity contribution in [2.24, 2.45) is 5.73 Å². The molecule has 0 aliphatic carbocycles. The third kappa shape index (κ3) is 2.76. The Kier molecular flexibility index (Phi) is 4.32. The number of hydrogen-bond acceptors (Lipinski definition) is 7. The van der Waals surface area contributed by atoms with Crippen molar-refractivity contribution < 1.29 is 14.9 Å². The average molecular weight is 356 g/mol. The third-order valence-corrected chi connectivity index (χ3v) is 4.63. The largest absolute Gasteiger partial charge is 0.482 e. The summed E-state index contributed by atoms with van der Waals surface area (Å²) in [4.78, 5) is 11.9. The van der Waals surface area contributed by atoms with Crippen LogP contribution in [0.3, 0.4) is 0 Å². The highest BCUT2D eigenvalue weighted by Crippen LogP contribution is 2.48. The van der Waals surface area contributed by atoms with Crippen molar-refractivity contribution in [3.05, 3.63) is 57.5 Å². The minimum Gasteiger partial charge on any atom is -0.482 e. The van der Waals surface area contributed by atoms with Crippen LogP contribution in [0.4, 0.5) is 0 Å². The number of nitriles is 1. The molecule has 136 valence electrons. The van der Waals surface area contributed by atoms with Gasteiger partial charge in [0.1, 0.15) is 5.75 Å². The maximum absolute atomic E-state index is 11.9. The summed E-state index contributed by atoms with van der Waals surface area (Å²) >= 11 is 0. The van der Waals surface area contributed by atoms with Gasteiger partial charge in [-0.05, 0) is 38.1 Å². The molecule has 8 heteroatoms. The number of aliphatic hydroxyl groups is 2. The standard InChI is InChI=1S/C18H20N4O4/c1-17(2)18(24,25)16(12-9-11(10-20)3-5-14(12)26-17)13-4-6-15(23)22(21-13)8-7-19/h3-6,9,16,24-25H,7-8,19H2,1-2H3. The van der Waals surface area contributed by atoms with Crippen LogP contribution in [-0.4, -0.2) is 37.9 Å². The zero-order valence-electron chi connectivity index (χ0n) is 14.5. The number of benzene rings is 1. The lowest BCUT2D eigenvalue weighted by Gasteiger charge is -2.47. The molecular weight excluding hydrogens is 336 g/mol. The van der Waals surface area contributed by atoms with Gasteiger partial charge in [-0.25, -0.2) is 4.68 Å². The first-order valence-corrected chi connectivity index (χ1v) is 8.17. The molecule has 0 spiro atoms. The van der Waals surface area contributed by atoms with Gasteiger partial charge in [-0.1, -0.05) is 0 Å². The Morgan fingerprint density at radius 3 is 2.73 bits per heavy atom. The summed E-state index contributed by atoms with van der Waals surface area (Å²) in [5.41, 5.74) is 4.87. The van der Waals surface area contributed by atoms with E-state index in [0.29, 0.717) is 16.9 Å². The first kappa shape index (κ1) is 18.1. The predicted octanol–water partition coefficient (Wildman–Crippen LogP) is 0.0575. The molecule has 8 nitrogen and oxygen atoms in total. The molecule has 2 aromatic rings. The number of hydrogen-bond donors (Lipinski definition) is 3. The van der Waals surface area contributed by atoms with Gasteiger partial charge in [0, 0.05) is 18.2 Å². The zero-order valence-corrected chi connectivity index (χ0v) is 14.5. The van der Waals surface area contributed by atoms with E-state index < -0.39 is 17.3 Å². The fourth-order valence-corrected chi connectivity index (χ4v) is 3.12. The second-order valence-corrected chi connectivity index (χ2v) is 6.74. The first-order valence-electron chi connectivity index (χ1n) is 8.17. The molecule has 3 rings (SSSR count). The van der Waals surface area contributed by atoms with E-state index in [1.165, 1.54) is 22.9 Å². The van der Waals surface area contributed by atoms with E-state index in [-0.39, 0.29) is 24.3 Å². The predicted molar refractivity (Wildman–Crippen MR) is 92.4 cm³/mol. The van der Waals surface area contributed by atoms with E-state index in [1.54, 1.807) is 26.0 Å². The highest BCUT2D eigenvalue weighted by molar-refractivity contribution is 5.50. The lowest BCUT2D eigenvalue weighted by atomic mass is 9.76. The van der Waals surface area contributed by atoms with E-state index in [4.69, 9.17) is 10.5 Å². The SMILES string of the molecule is CC1(C)Oc2ccc(C#N)cc2C(c2ccc(=O)n(CCN)n2)C1(O)O. The van der Waals surface area contributed by atoms with Crippen molar-refractivity contribution in [2.75, 3.05) is 6.54 Å². The van der Waals surface area contributed by atoms with Crippen LogP contribution in [0.25, 0.3) is 0 Å². The summed E-state index contributed by atoms with van der Waals surface area (Å²) < 4.78 is 6.94. The number of ether oxygens (including phenoxy) is 1. The molecule has 1 aromatic carbocycles. The third-order valence-electron chi connectivity index (χ3n) is 4.63. The van der Waals surface area contributed by atoms with Crippen molar-refractivity contribution in [3.8, 4) is 11.8 Å². The molecule has 1 atom stereocenters. The van der Waals surface area contributed by atoms with Gasteiger partial charge < -0.3 is 20.7 Å². The molecule has 26 heavy (non-hydrogen) atoms. The van der Waals surface area contributed by atoms with Gasteiger partial charge in [0.05, 0.1) is 29.8 Å². The zero-order chi connectivity index (χ0) is 19.1. The van der Waals surface area contributed by atoms with Gasteiger partial charge in [-0.2, -0.15) is 10.4 Å². The Hall–Kier alpha value is -2.73. The van der Waals surface area contributed by atoms with E-state index in [1.807, 2.05) is 6.07 Å². The molecule has 1 aliphatic rings. The maximum atomic E-state index is 11.9. The molecule has 2 heterocycles. The first-order chi connectivity index (χ1) is 12.2. The Morgan fingerprint density at radius 2 is 2.08 bits per heavy atom. The molecule has 0 saturated carbocycles. The van der Waals surface area contributed by atoms with Gasteiger partial charge >= 0.3 is 0 Å². The molecule has 1 aromatic heterocycles. The van der Waals surface area contributed by atoms with Crippen LogP contribution < -0.4 is 16.0 Å². The van der Waals surface area contributed by atoms with Crippen molar-refractivity contribution in [1.82, 2.24) is 9.78 Å². The van der Waals surface area contributed by atoms with Crippen molar-refractivity contribution >= 4 is 0 Å². The van der Waals surface area contributed by atoms with Crippen molar-refractivity contribution in [1.29, 1.82) is 5.26 Å². The number of aromatic nitrogens is 2. The molecule has 4 N–H and O–H groups in total. The smallest absolute Gasteiger partial charge is 0.266 e. The van der Waals surface area contributed by atoms with Crippen LogP contribution in [0, 0.1) is 11.3 Å². The quantitative estimate of drug-likeness (QED) is 0.662. The lowest BCUT2D eigenvalue weighted by Crippen LogP contribution is -2.60. The highest BCUT2D eigenvalue weighted by Gasteiger charge is 2.56. The molecule has 1 unspecified atom stereocenters. The van der Waals surface area contributed by atoms with Gasteiger partial charge in [0.2, 0.25) is 5.79 Å². The van der Waals surface area contributed by atoms with Crippen LogP contribution >= 0.6 is 0 Å². The minimum absolute atomic E-state index is 0.203. The topological polar surface area (TPSA) is 134 Å². The van der Waals surface area contributed by atoms with Crippen LogP contribution in [-0.2, 0) is 6.54 Å². The molecule has 0 radical (unpaired) electrons. The number of fused-ring (bicyclic) bond motifs is 1. The molecule has 0 saturated heterocycles. The Balaban J connectivity index is 2.26. The lowest BCUT2D eigenvalue weighted by molar-refractivity contribution is -0.269. The molecule has 1 aliphatic heterocycles. The Labute approximate surface area is 150 Å². The van der Waals surface area contributed by atoms with E-state index in [0.717, 1.165) is 0 Å². The van der Waals surface area contributed by atoms with Gasteiger partial charge in [-0.15, -0.1) is 0 Å². The molecule has 0 fully saturated rings. The number of nitrogens with zero attached hydrogens (tertiary/aromatic N) is 3. The molecule has 0 amide bonds. The molecule has 0 bridgehead atoms. The number of nitrogens with two attached hydrogens (primary N) is 1. The normalized spacial score (nSPS) is 19.9. The Morgan fingerprint density at radius 1 is 1.35 bits per heavy atom. The number of rotatable bonds is 3. The van der Waals surface area contributed by atoms with E-state index in [9.17, 15) is 20.3 Å². The summed E-state index contributed by atoms with van der Waals surface area (Å²) in [6.45, 7) is 3.52. The average Bonchev–Trinajstić information content (AvgIpc) is 2.58. The van der Waals surface area contributed by atoms with Gasteiger partial charge in [0.15, 0.2) is 5.60 Å². The summed E-state index contributed by atoms with van der Waals surface area (Å²) in [6, 6.07) is 9.54. The van der Waals surface area contributed by atoms with Gasteiger partial charge in [-0.3, -0.25) is 4.79 Å². The van der Waals surface area contributed by atoms with Crippen molar-refractivity contribution in [2.45, 2.75) is 37.7 Å². The fraction of sp³-hybridized carbons (Fsp3) is 0.389. The van der Waals surface area contributed by atoms with Crippen molar-refractivity contribution in [3.63, 3.8) is 0 Å². The fourth-order valence-electron chi connectivity index (χ4n) is 3.12. The van der Waals surface area contributed by atoms with Crippen LogP contribution in [0.5, 0.6) is 5.75 Å². The maximum Gasteiger partial charge on any atom is 0.266 e. The summed E-state index contributed by atoms with van der Waals surface area (Å²) in [5, 5.41) is 35.3. The summed E-state index contributed by atoms with van der Waals surface area (Å²) in [5.74, 6) is -2.92. The van der Waals surface area contributed by atoms with Gasteiger partial charge in [0.25, 0.3) is 5.56 Å². The Bertz CT molecular complexity index is 943. The summed E-state index contributed by atoms with van der Waals surface area (Å²) in [6.07, 6.45) is 0. The second-order valence-electron chi connectivity index (χ2n) is 6.74. The van der Waals surface area contributed by atoms with E-state index in [2.05, 4.69) is 5.10 Å². The second kappa shape index (κ2) is 6.21. The monoisotopic (exact) mass is 356 g/mol. The van der Waals surface area contributed by atoms with E-state index >= 15 is 0 Å². The molecular formula is C18H20N4O4. The summed E-state index contributed by atoms with van der Waals surface area (Å²) in [7, 11) is 0. The highest BCUT2D eigenvalue weighted by atomic mass is 16.6. The minimum atomic E-state index is -2.33.